The summed E-state index contributed by atoms with van der Waals surface area (Å²) in [7, 11) is -1.95. The number of nitrogens with zero attached hydrogens (tertiary/aromatic N) is 1. The van der Waals surface area contributed by atoms with Crippen LogP contribution in [0.3, 0.4) is 0 Å². The van der Waals surface area contributed by atoms with Gasteiger partial charge in [0.2, 0.25) is 10.0 Å². The first-order valence-electron chi connectivity index (χ1n) is 11.7. The van der Waals surface area contributed by atoms with Crippen molar-refractivity contribution in [1.29, 1.82) is 0 Å². The monoisotopic (exact) mass is 499 g/mol. The zero-order valence-electron chi connectivity index (χ0n) is 19.2. The van der Waals surface area contributed by atoms with Crippen LogP contribution < -0.4 is 11.1 Å². The third-order valence-electron chi connectivity index (χ3n) is 7.04. The molecule has 1 unspecified atom stereocenters. The second kappa shape index (κ2) is 10.0. The highest BCUT2D eigenvalue weighted by molar-refractivity contribution is 7.89. The first-order chi connectivity index (χ1) is 16.1. The Morgan fingerprint density at radius 2 is 2.03 bits per heavy atom. The second-order valence-corrected chi connectivity index (χ2v) is 11.5. The smallest absolute Gasteiger partial charge is 0.381 e. The lowest BCUT2D eigenvalue weighted by Crippen LogP contribution is -2.48. The van der Waals surface area contributed by atoms with Crippen molar-refractivity contribution in [3.63, 3.8) is 0 Å². The molecular formula is C24H32F3N3O3S. The van der Waals surface area contributed by atoms with Crippen LogP contribution in [0.15, 0.2) is 42.5 Å². The fraction of sp³-hybridized carbons (Fsp3) is 0.583. The Morgan fingerprint density at radius 3 is 2.71 bits per heavy atom. The van der Waals surface area contributed by atoms with Gasteiger partial charge < -0.3 is 15.8 Å². The minimum Gasteiger partial charge on any atom is -0.381 e. The molecule has 0 bridgehead atoms. The van der Waals surface area contributed by atoms with Crippen molar-refractivity contribution in [3.8, 4) is 0 Å². The van der Waals surface area contributed by atoms with E-state index in [1.165, 1.54) is 23.5 Å². The number of fused-ring (bicyclic) bond motifs is 3. The first-order valence-corrected chi connectivity index (χ1v) is 13.3. The highest BCUT2D eigenvalue weighted by Crippen LogP contribution is 2.49. The lowest BCUT2D eigenvalue weighted by Gasteiger charge is -2.48. The molecule has 0 aromatic heterocycles. The van der Waals surface area contributed by atoms with Crippen LogP contribution in [0.25, 0.3) is 0 Å². The Bertz CT molecular complexity index is 1040. The van der Waals surface area contributed by atoms with Gasteiger partial charge in [-0.25, -0.2) is 12.7 Å². The molecule has 2 aliphatic heterocycles. The summed E-state index contributed by atoms with van der Waals surface area (Å²) in [4.78, 5) is 0. The quantitative estimate of drug-likeness (QED) is 0.591. The molecule has 1 aromatic carbocycles. The number of anilines is 1. The summed E-state index contributed by atoms with van der Waals surface area (Å²) in [6.45, 7) is 0.447. The van der Waals surface area contributed by atoms with Crippen molar-refractivity contribution in [2.24, 2.45) is 17.6 Å². The van der Waals surface area contributed by atoms with Gasteiger partial charge in [0.15, 0.2) is 0 Å². The number of benzene rings is 1. The predicted molar refractivity (Wildman–Crippen MR) is 126 cm³/mol. The number of ether oxygens (including phenoxy) is 1. The number of rotatable bonds is 7. The van der Waals surface area contributed by atoms with Gasteiger partial charge >= 0.3 is 6.18 Å². The van der Waals surface area contributed by atoms with E-state index in [-0.39, 0.29) is 36.7 Å². The number of likely N-dealkylation sites (N-methyl/N-ethyl adjacent to an activating group) is 1. The van der Waals surface area contributed by atoms with Crippen LogP contribution in [0.4, 0.5) is 18.9 Å². The molecule has 6 nitrogen and oxygen atoms in total. The largest absolute Gasteiger partial charge is 0.416 e. The summed E-state index contributed by atoms with van der Waals surface area (Å²) >= 11 is 0. The molecule has 1 aromatic rings. The van der Waals surface area contributed by atoms with E-state index in [0.29, 0.717) is 24.1 Å². The van der Waals surface area contributed by atoms with Gasteiger partial charge in [0.25, 0.3) is 0 Å². The van der Waals surface area contributed by atoms with Crippen LogP contribution >= 0.6 is 0 Å². The maximum atomic E-state index is 13.5. The van der Waals surface area contributed by atoms with Gasteiger partial charge in [-0.3, -0.25) is 0 Å². The number of halogens is 3. The molecule has 0 saturated carbocycles. The summed E-state index contributed by atoms with van der Waals surface area (Å²) in [6, 6.07) is 3.78. The Morgan fingerprint density at radius 1 is 1.24 bits per heavy atom. The van der Waals surface area contributed by atoms with E-state index >= 15 is 0 Å². The molecule has 10 heteroatoms. The summed E-state index contributed by atoms with van der Waals surface area (Å²) in [6.07, 6.45) is 5.41. The third kappa shape index (κ3) is 5.35. The normalized spacial score (nSPS) is 28.9. The SMILES string of the molecule is CN(C[C@H]1CC[C@@H]2[C@H](O1)c1cc(C(F)(F)F)ccc1N[C@H]2C1C=CC=CC1)S(=O)(=O)CCCN. The third-order valence-corrected chi connectivity index (χ3v) is 8.94. The molecule has 2 heterocycles. The number of nitrogens with two attached hydrogens (primary N) is 1. The van der Waals surface area contributed by atoms with Gasteiger partial charge in [0, 0.05) is 42.7 Å². The fourth-order valence-corrected chi connectivity index (χ4v) is 6.45. The molecule has 0 amide bonds. The van der Waals surface area contributed by atoms with Gasteiger partial charge in [-0.15, -0.1) is 0 Å². The van der Waals surface area contributed by atoms with E-state index in [2.05, 4.69) is 17.5 Å². The number of allylic oxidation sites excluding steroid dienone is 3. The molecule has 1 aliphatic carbocycles. The molecule has 0 radical (unpaired) electrons. The van der Waals surface area contributed by atoms with Crippen molar-refractivity contribution < 1.29 is 26.3 Å². The highest BCUT2D eigenvalue weighted by atomic mass is 32.2. The minimum atomic E-state index is -4.45. The van der Waals surface area contributed by atoms with E-state index in [1.54, 1.807) is 0 Å². The van der Waals surface area contributed by atoms with Crippen LogP contribution in [-0.2, 0) is 20.9 Å². The van der Waals surface area contributed by atoms with Crippen LogP contribution in [0.5, 0.6) is 0 Å². The van der Waals surface area contributed by atoms with E-state index in [0.717, 1.165) is 18.9 Å². The molecule has 3 aliphatic rings. The lowest BCUT2D eigenvalue weighted by atomic mass is 9.73. The van der Waals surface area contributed by atoms with Crippen molar-refractivity contribution in [1.82, 2.24) is 4.31 Å². The van der Waals surface area contributed by atoms with Gasteiger partial charge in [-0.05, 0) is 50.4 Å². The van der Waals surface area contributed by atoms with Crippen molar-refractivity contribution in [2.45, 2.75) is 50.1 Å². The van der Waals surface area contributed by atoms with Gasteiger partial charge in [0.05, 0.1) is 23.5 Å². The number of hydrogen-bond acceptors (Lipinski definition) is 5. The number of alkyl halides is 3. The topological polar surface area (TPSA) is 84.7 Å². The molecular weight excluding hydrogens is 467 g/mol. The highest BCUT2D eigenvalue weighted by Gasteiger charge is 2.45. The van der Waals surface area contributed by atoms with Crippen LogP contribution in [0.2, 0.25) is 0 Å². The van der Waals surface area contributed by atoms with Crippen molar-refractivity contribution in [3.05, 3.63) is 53.6 Å². The molecule has 4 rings (SSSR count). The number of hydrogen-bond donors (Lipinski definition) is 2. The Balaban J connectivity index is 1.60. The molecule has 3 N–H and O–H groups in total. The van der Waals surface area contributed by atoms with Gasteiger partial charge in [-0.2, -0.15) is 13.2 Å². The average molecular weight is 500 g/mol. The summed E-state index contributed by atoms with van der Waals surface area (Å²) in [5.41, 5.74) is 5.88. The Hall–Kier alpha value is -1.88. The first kappa shape index (κ1) is 25.2. The number of nitrogens with one attached hydrogen (secondary N) is 1. The van der Waals surface area contributed by atoms with Crippen LogP contribution in [-0.4, -0.2) is 50.8 Å². The molecule has 1 fully saturated rings. The number of sulfonamides is 1. The fourth-order valence-electron chi connectivity index (χ4n) is 5.22. The van der Waals surface area contributed by atoms with Gasteiger partial charge in [0.1, 0.15) is 0 Å². The summed E-state index contributed by atoms with van der Waals surface area (Å²) in [5, 5.41) is 3.50. The zero-order chi connectivity index (χ0) is 24.5. The van der Waals surface area contributed by atoms with E-state index in [1.807, 2.05) is 12.2 Å². The summed E-state index contributed by atoms with van der Waals surface area (Å²) < 4.78 is 73.1. The molecule has 188 valence electrons. The second-order valence-electron chi connectivity index (χ2n) is 9.34. The van der Waals surface area contributed by atoms with E-state index < -0.39 is 34.0 Å². The molecule has 1 saturated heterocycles. The standard InChI is InChI=1S/C24H32F3N3O3S/c1-30(34(31,32)13-5-12-28)15-18-9-10-19-22(16-6-3-2-4-7-16)29-21-11-8-17(24(25,26)27)14-20(21)23(19)33-18/h2-4,6,8,11,14,16,18-19,22-23,29H,5,7,9-10,12-13,15,28H2,1H3/t16?,18-,19+,22+,23+/m1/s1. The van der Waals surface area contributed by atoms with E-state index in [4.69, 9.17) is 10.5 Å². The van der Waals surface area contributed by atoms with Crippen molar-refractivity contribution >= 4 is 15.7 Å². The molecule has 5 atom stereocenters. The van der Waals surface area contributed by atoms with Gasteiger partial charge in [-0.1, -0.05) is 24.3 Å². The van der Waals surface area contributed by atoms with Crippen LogP contribution in [0, 0.1) is 11.8 Å². The summed E-state index contributed by atoms with van der Waals surface area (Å²) in [5.74, 6) is 0.143. The Labute approximate surface area is 199 Å². The molecule has 34 heavy (non-hydrogen) atoms. The lowest BCUT2D eigenvalue weighted by molar-refractivity contribution is -0.138. The van der Waals surface area contributed by atoms with Crippen molar-refractivity contribution in [2.75, 3.05) is 31.2 Å². The maximum Gasteiger partial charge on any atom is 0.416 e. The predicted octanol–water partition coefficient (Wildman–Crippen LogP) is 4.08. The Kier molecular flexibility index (Phi) is 7.42. The maximum absolute atomic E-state index is 13.5. The van der Waals surface area contributed by atoms with Crippen LogP contribution in [0.1, 0.15) is 42.9 Å². The zero-order valence-corrected chi connectivity index (χ0v) is 20.0. The molecule has 0 spiro atoms. The minimum absolute atomic E-state index is 0.0161. The van der Waals surface area contributed by atoms with E-state index in [9.17, 15) is 21.6 Å². The average Bonchev–Trinajstić information content (AvgIpc) is 2.81.